The normalized spacial score (nSPS) is 11.1. The number of hydrogen-bond acceptors (Lipinski definition) is 12. The molecule has 0 saturated carbocycles. The lowest BCUT2D eigenvalue weighted by atomic mass is 10.1. The molecule has 9 rings (SSSR count). The van der Waals surface area contributed by atoms with Gasteiger partial charge in [-0.15, -0.1) is 0 Å². The van der Waals surface area contributed by atoms with Crippen LogP contribution in [-0.4, -0.2) is 24.9 Å². The molecule has 1 N–H and O–H groups in total. The molecule has 0 heterocycles. The highest BCUT2D eigenvalue weighted by Crippen LogP contribution is 2.41. The number of benzene rings is 9. The molecule has 0 aromatic heterocycles. The lowest BCUT2D eigenvalue weighted by molar-refractivity contribution is 0.227. The number of aliphatic hydroxyl groups excluding tert-OH is 1. The van der Waals surface area contributed by atoms with Gasteiger partial charge < -0.3 is 57.2 Å². The van der Waals surface area contributed by atoms with Crippen molar-refractivity contribution in [3.63, 3.8) is 0 Å². The Morgan fingerprint density at radius 3 is 0.586 bits per heavy atom. The molecular formula is C99H128O12. The summed E-state index contributed by atoms with van der Waals surface area (Å²) in [4.78, 5) is 0. The van der Waals surface area contributed by atoms with E-state index in [4.69, 9.17) is 52.1 Å². The number of rotatable bonds is 61. The molecule has 596 valence electrons. The van der Waals surface area contributed by atoms with E-state index in [2.05, 4.69) is 57.2 Å². The first-order chi connectivity index (χ1) is 54.9. The number of ether oxygens (including phenoxy) is 11. The molecule has 0 aliphatic rings. The molecule has 12 nitrogen and oxygen atoms in total. The topological polar surface area (TPSA) is 122 Å². The van der Waals surface area contributed by atoms with Gasteiger partial charge >= 0.3 is 0 Å². The van der Waals surface area contributed by atoms with Crippen molar-refractivity contribution in [3.05, 3.63) is 256 Å². The first-order valence-corrected chi connectivity index (χ1v) is 42.3. The minimum Gasteiger partial charge on any atom is -0.494 e. The van der Waals surface area contributed by atoms with Crippen LogP contribution in [0.2, 0.25) is 0 Å². The van der Waals surface area contributed by atoms with Gasteiger partial charge in [0, 0.05) is 0 Å². The fourth-order valence-electron chi connectivity index (χ4n) is 13.2. The molecular weight excluding hydrogens is 1380 g/mol. The van der Waals surface area contributed by atoms with Gasteiger partial charge in [-0.2, -0.15) is 0 Å². The third-order valence-electron chi connectivity index (χ3n) is 20.1. The summed E-state index contributed by atoms with van der Waals surface area (Å²) >= 11 is 0. The van der Waals surface area contributed by atoms with Crippen LogP contribution >= 0.6 is 0 Å². The van der Waals surface area contributed by atoms with Gasteiger partial charge in [-0.3, -0.25) is 0 Å². The standard InChI is InChI=1S/C99H128O12/c1-4-7-10-13-16-19-22-25-28-31-66-101-89-52-36-81(37-53-89)72-105-93-60-44-85(45-61-93)76-109-97-69-88(79-108-96-58-42-84(43-59-96)75-104-92-50-34-80(71-100)35-51-92)70-98(110-77-86-46-62-94(63-47-86)106-73-82-38-54-90(55-39-82)102-67-32-29-26-23-20-17-14-11-8-5-2)99(97)111-78-87-48-64-95(65-49-87)107-74-83-40-56-91(57-41-83)103-68-33-30-27-24-21-18-15-12-9-6-3/h34-65,69-70,100H,4-33,66-68,71-79H2,1-3H3. The zero-order valence-electron chi connectivity index (χ0n) is 67.3. The van der Waals surface area contributed by atoms with Crippen LogP contribution in [0.25, 0.3) is 0 Å². The zero-order chi connectivity index (χ0) is 77.1. The highest BCUT2D eigenvalue weighted by atomic mass is 16.5. The van der Waals surface area contributed by atoms with E-state index in [1.807, 2.05) is 170 Å². The molecule has 0 radical (unpaired) electrons. The fourth-order valence-corrected chi connectivity index (χ4v) is 13.2. The van der Waals surface area contributed by atoms with E-state index < -0.39 is 0 Å². The van der Waals surface area contributed by atoms with E-state index in [1.165, 1.54) is 173 Å². The molecule has 9 aromatic rings. The van der Waals surface area contributed by atoms with Gasteiger partial charge in [0.25, 0.3) is 0 Å². The fraction of sp³-hybridized carbons (Fsp3) is 0.455. The Bertz CT molecular complexity index is 3700. The second kappa shape index (κ2) is 52.8. The van der Waals surface area contributed by atoms with Crippen LogP contribution in [0, 0.1) is 0 Å². The Morgan fingerprint density at radius 2 is 0.360 bits per heavy atom. The maximum atomic E-state index is 9.50. The van der Waals surface area contributed by atoms with Crippen molar-refractivity contribution >= 4 is 0 Å². The Hall–Kier alpha value is -9.26. The molecule has 0 amide bonds. The maximum Gasteiger partial charge on any atom is 0.203 e. The summed E-state index contributed by atoms with van der Waals surface area (Å²) in [7, 11) is 0. The largest absolute Gasteiger partial charge is 0.494 e. The third-order valence-corrected chi connectivity index (χ3v) is 20.1. The van der Waals surface area contributed by atoms with Gasteiger partial charge in [0.1, 0.15) is 98.9 Å². The van der Waals surface area contributed by atoms with Crippen molar-refractivity contribution in [1.29, 1.82) is 0 Å². The van der Waals surface area contributed by atoms with Gasteiger partial charge in [0.2, 0.25) is 5.75 Å². The van der Waals surface area contributed by atoms with Crippen molar-refractivity contribution in [2.75, 3.05) is 19.8 Å². The summed E-state index contributed by atoms with van der Waals surface area (Å²) in [6.07, 6.45) is 39.1. The van der Waals surface area contributed by atoms with Crippen LogP contribution in [0.3, 0.4) is 0 Å². The molecule has 0 saturated heterocycles. The predicted molar refractivity (Wildman–Crippen MR) is 451 cm³/mol. The van der Waals surface area contributed by atoms with E-state index in [-0.39, 0.29) is 33.0 Å². The molecule has 0 unspecified atom stereocenters. The number of aliphatic hydroxyl groups is 1. The van der Waals surface area contributed by atoms with Crippen molar-refractivity contribution in [3.8, 4) is 63.2 Å². The Kier molecular flexibility index (Phi) is 40.8. The minimum absolute atomic E-state index is 0.0148. The van der Waals surface area contributed by atoms with Gasteiger partial charge in [0.15, 0.2) is 11.5 Å². The summed E-state index contributed by atoms with van der Waals surface area (Å²) < 4.78 is 70.3. The third kappa shape index (κ3) is 34.9. The molecule has 111 heavy (non-hydrogen) atoms. The second-order valence-corrected chi connectivity index (χ2v) is 29.6. The van der Waals surface area contributed by atoms with Crippen LogP contribution in [0.15, 0.2) is 206 Å². The van der Waals surface area contributed by atoms with Crippen molar-refractivity contribution in [2.45, 2.75) is 273 Å². The van der Waals surface area contributed by atoms with Crippen LogP contribution < -0.4 is 52.1 Å². The molecule has 0 atom stereocenters. The summed E-state index contributed by atoms with van der Waals surface area (Å²) in [6, 6.07) is 68.0. The quantitative estimate of drug-likeness (QED) is 0.0365. The first kappa shape index (κ1) is 85.7. The van der Waals surface area contributed by atoms with Gasteiger partial charge in [-0.1, -0.05) is 291 Å². The highest BCUT2D eigenvalue weighted by molar-refractivity contribution is 5.54. The van der Waals surface area contributed by atoms with Crippen molar-refractivity contribution in [2.24, 2.45) is 0 Å². The molecule has 0 spiro atoms. The van der Waals surface area contributed by atoms with E-state index in [0.29, 0.717) is 49.4 Å². The number of unbranched alkanes of at least 4 members (excludes halogenated alkanes) is 27. The molecule has 0 aliphatic carbocycles. The van der Waals surface area contributed by atoms with Crippen LogP contribution in [-0.2, 0) is 59.5 Å². The smallest absolute Gasteiger partial charge is 0.203 e. The molecule has 9 aromatic carbocycles. The SMILES string of the molecule is CCCCCCCCCCCCOc1ccc(COc2ccc(COc3cc(COc4ccc(COc5ccc(CO)cc5)cc4)cc(OCc4ccc(OCc5ccc(OCCCCCCCCCCCC)cc5)cc4)c3OCc3ccc(OCc4ccc(OCCCCCCCCCCCC)cc4)cc3)cc2)cc1. The Morgan fingerprint density at radius 1 is 0.180 bits per heavy atom. The lowest BCUT2D eigenvalue weighted by Gasteiger charge is -2.20. The van der Waals surface area contributed by atoms with Crippen LogP contribution in [0.5, 0.6) is 63.2 Å². The lowest BCUT2D eigenvalue weighted by Crippen LogP contribution is -2.06. The zero-order valence-corrected chi connectivity index (χ0v) is 67.3. The summed E-state index contributed by atoms with van der Waals surface area (Å²) in [5, 5.41) is 9.50. The molecule has 0 aliphatic heterocycles. The van der Waals surface area contributed by atoms with Crippen LogP contribution in [0.1, 0.15) is 263 Å². The molecule has 0 bridgehead atoms. The van der Waals surface area contributed by atoms with Crippen molar-refractivity contribution < 1.29 is 57.2 Å². The first-order valence-electron chi connectivity index (χ1n) is 42.3. The van der Waals surface area contributed by atoms with Gasteiger partial charge in [0.05, 0.1) is 26.4 Å². The van der Waals surface area contributed by atoms with E-state index in [0.717, 1.165) is 129 Å². The van der Waals surface area contributed by atoms with E-state index in [9.17, 15) is 5.11 Å². The maximum absolute atomic E-state index is 9.50. The average Bonchev–Trinajstić information content (AvgIpc) is 0.812. The minimum atomic E-state index is -0.0148. The monoisotopic (exact) mass is 1510 g/mol. The van der Waals surface area contributed by atoms with Gasteiger partial charge in [-0.05, 0) is 179 Å². The Balaban J connectivity index is 0.836. The highest BCUT2D eigenvalue weighted by Gasteiger charge is 2.19. The summed E-state index contributed by atoms with van der Waals surface area (Å²) in [6.45, 7) is 11.6. The molecule has 0 fully saturated rings. The number of hydrogen-bond donors (Lipinski definition) is 1. The average molecular weight is 1510 g/mol. The molecule has 12 heteroatoms. The van der Waals surface area contributed by atoms with E-state index in [1.54, 1.807) is 0 Å². The second-order valence-electron chi connectivity index (χ2n) is 29.6. The Labute approximate surface area is 665 Å². The summed E-state index contributed by atoms with van der Waals surface area (Å²) in [5.74, 6) is 7.78. The summed E-state index contributed by atoms with van der Waals surface area (Å²) in [5.41, 5.74) is 8.64. The van der Waals surface area contributed by atoms with Gasteiger partial charge in [-0.25, -0.2) is 0 Å². The van der Waals surface area contributed by atoms with Crippen molar-refractivity contribution in [1.82, 2.24) is 0 Å². The predicted octanol–water partition coefficient (Wildman–Crippen LogP) is 26.7. The van der Waals surface area contributed by atoms with Crippen LogP contribution in [0.4, 0.5) is 0 Å². The van der Waals surface area contributed by atoms with E-state index >= 15 is 0 Å².